The van der Waals surface area contributed by atoms with Crippen molar-refractivity contribution in [3.8, 4) is 0 Å². The quantitative estimate of drug-likeness (QED) is 0.438. The van der Waals surface area contributed by atoms with Gasteiger partial charge in [0, 0.05) is 5.92 Å². The molecule has 1 atom stereocenters. The predicted octanol–water partition coefficient (Wildman–Crippen LogP) is 6.60. The highest BCUT2D eigenvalue weighted by molar-refractivity contribution is 5.37. The molecule has 0 aliphatic heterocycles. The maximum absolute atomic E-state index is 2.42. The molecule has 1 aliphatic rings. The molecule has 0 aromatic heterocycles. The summed E-state index contributed by atoms with van der Waals surface area (Å²) in [5.41, 5.74) is 3.39. The molecule has 1 unspecified atom stereocenters. The monoisotopic (exact) mass is 260 g/mol. The number of hydrogen-bond acceptors (Lipinski definition) is 0. The summed E-state index contributed by atoms with van der Waals surface area (Å²) in [6.07, 6.45) is 21.2. The van der Waals surface area contributed by atoms with Gasteiger partial charge < -0.3 is 0 Å². The zero-order valence-electron chi connectivity index (χ0n) is 13.3. The maximum atomic E-state index is 2.42. The van der Waals surface area contributed by atoms with E-state index in [9.17, 15) is 0 Å². The summed E-state index contributed by atoms with van der Waals surface area (Å²) >= 11 is 0. The average molecular weight is 260 g/mol. The molecule has 0 heterocycles. The molecule has 0 nitrogen and oxygen atoms in total. The van der Waals surface area contributed by atoms with Gasteiger partial charge in [0.2, 0.25) is 0 Å². The van der Waals surface area contributed by atoms with Crippen molar-refractivity contribution in [3.63, 3.8) is 0 Å². The van der Waals surface area contributed by atoms with E-state index in [1.54, 1.807) is 11.1 Å². The molecule has 0 amide bonds. The minimum Gasteiger partial charge on any atom is -0.0770 e. The number of rotatable bonds is 9. The van der Waals surface area contributed by atoms with E-state index in [0.29, 0.717) is 5.92 Å². The lowest BCUT2D eigenvalue weighted by molar-refractivity contribution is 0.606. The first-order valence-electron chi connectivity index (χ1n) is 8.40. The van der Waals surface area contributed by atoms with Gasteiger partial charge in [-0.2, -0.15) is 0 Å². The topological polar surface area (TPSA) is 0 Å². The Kier molecular flexibility index (Phi) is 8.62. The Bertz CT molecular complexity index is 307. The van der Waals surface area contributed by atoms with Gasteiger partial charge in [-0.3, -0.25) is 0 Å². The van der Waals surface area contributed by atoms with Gasteiger partial charge in [0.15, 0.2) is 0 Å². The van der Waals surface area contributed by atoms with Crippen LogP contribution in [0, 0.1) is 5.92 Å². The molecule has 108 valence electrons. The SMILES string of the molecule is CCCCC(CCCC)=C1C=CC=CC1CCCC. The Morgan fingerprint density at radius 3 is 2.11 bits per heavy atom. The van der Waals surface area contributed by atoms with Gasteiger partial charge in [-0.05, 0) is 37.7 Å². The molecule has 0 saturated heterocycles. The van der Waals surface area contributed by atoms with Crippen molar-refractivity contribution in [3.05, 3.63) is 35.5 Å². The van der Waals surface area contributed by atoms with Crippen LogP contribution in [0.15, 0.2) is 35.5 Å². The molecule has 1 rings (SSSR count). The van der Waals surface area contributed by atoms with E-state index in [4.69, 9.17) is 0 Å². The van der Waals surface area contributed by atoms with Crippen LogP contribution in [0.25, 0.3) is 0 Å². The third-order valence-electron chi connectivity index (χ3n) is 4.07. The van der Waals surface area contributed by atoms with Crippen molar-refractivity contribution in [1.29, 1.82) is 0 Å². The molecule has 1 aliphatic carbocycles. The van der Waals surface area contributed by atoms with Gasteiger partial charge in [-0.15, -0.1) is 0 Å². The molecule has 0 bridgehead atoms. The fourth-order valence-corrected chi connectivity index (χ4v) is 2.83. The van der Waals surface area contributed by atoms with Crippen molar-refractivity contribution in [2.75, 3.05) is 0 Å². The fraction of sp³-hybridized carbons (Fsp3) is 0.684. The minimum atomic E-state index is 0.689. The summed E-state index contributed by atoms with van der Waals surface area (Å²) in [4.78, 5) is 0. The normalized spacial score (nSPS) is 18.1. The van der Waals surface area contributed by atoms with E-state index in [-0.39, 0.29) is 0 Å². The van der Waals surface area contributed by atoms with E-state index in [1.807, 2.05) is 0 Å². The van der Waals surface area contributed by atoms with E-state index in [2.05, 4.69) is 45.1 Å². The number of unbranched alkanes of at least 4 members (excludes halogenated alkanes) is 3. The van der Waals surface area contributed by atoms with E-state index in [0.717, 1.165) is 0 Å². The van der Waals surface area contributed by atoms with E-state index < -0.39 is 0 Å². The van der Waals surface area contributed by atoms with Gasteiger partial charge in [-0.25, -0.2) is 0 Å². The van der Waals surface area contributed by atoms with Crippen molar-refractivity contribution in [2.24, 2.45) is 5.92 Å². The molecule has 0 fully saturated rings. The predicted molar refractivity (Wildman–Crippen MR) is 87.4 cm³/mol. The first-order chi connectivity index (χ1) is 9.33. The first-order valence-corrected chi connectivity index (χ1v) is 8.40. The van der Waals surface area contributed by atoms with Crippen LogP contribution in [-0.4, -0.2) is 0 Å². The van der Waals surface area contributed by atoms with E-state index in [1.165, 1.54) is 57.8 Å². The lowest BCUT2D eigenvalue weighted by Gasteiger charge is -2.22. The van der Waals surface area contributed by atoms with Crippen molar-refractivity contribution in [2.45, 2.75) is 78.6 Å². The molecule has 0 heteroatoms. The Morgan fingerprint density at radius 1 is 0.895 bits per heavy atom. The summed E-state index contributed by atoms with van der Waals surface area (Å²) in [6.45, 7) is 6.89. The molecule has 0 aromatic carbocycles. The zero-order chi connectivity index (χ0) is 13.9. The van der Waals surface area contributed by atoms with Gasteiger partial charge in [0.1, 0.15) is 0 Å². The first kappa shape index (κ1) is 16.3. The van der Waals surface area contributed by atoms with E-state index >= 15 is 0 Å². The Hall–Kier alpha value is -0.780. The van der Waals surface area contributed by atoms with Crippen LogP contribution in [0.1, 0.15) is 78.6 Å². The summed E-state index contributed by atoms with van der Waals surface area (Å²) in [6, 6.07) is 0. The van der Waals surface area contributed by atoms with Crippen LogP contribution >= 0.6 is 0 Å². The maximum Gasteiger partial charge on any atom is 0.00206 e. The number of allylic oxidation sites excluding steroid dienone is 6. The minimum absolute atomic E-state index is 0.689. The van der Waals surface area contributed by atoms with Gasteiger partial charge >= 0.3 is 0 Å². The second-order valence-corrected chi connectivity index (χ2v) is 5.76. The van der Waals surface area contributed by atoms with Crippen LogP contribution in [0.2, 0.25) is 0 Å². The molecular weight excluding hydrogens is 228 g/mol. The molecule has 19 heavy (non-hydrogen) atoms. The van der Waals surface area contributed by atoms with Gasteiger partial charge in [0.05, 0.1) is 0 Å². The molecule has 0 saturated carbocycles. The van der Waals surface area contributed by atoms with Crippen LogP contribution in [0.4, 0.5) is 0 Å². The van der Waals surface area contributed by atoms with Crippen molar-refractivity contribution in [1.82, 2.24) is 0 Å². The average Bonchev–Trinajstić information content (AvgIpc) is 2.46. The highest BCUT2D eigenvalue weighted by atomic mass is 14.2. The van der Waals surface area contributed by atoms with Gasteiger partial charge in [-0.1, -0.05) is 76.3 Å². The standard InChI is InChI=1S/C19H32/c1-4-7-12-17(13-8-5-2)19-16-11-10-15-18(19)14-9-6-3/h10-11,15-16,18H,4-9,12-14H2,1-3H3. The van der Waals surface area contributed by atoms with Crippen molar-refractivity contribution < 1.29 is 0 Å². The highest BCUT2D eigenvalue weighted by Crippen LogP contribution is 2.31. The largest absolute Gasteiger partial charge is 0.0770 e. The zero-order valence-corrected chi connectivity index (χ0v) is 13.3. The molecule has 0 aromatic rings. The van der Waals surface area contributed by atoms with Gasteiger partial charge in [0.25, 0.3) is 0 Å². The van der Waals surface area contributed by atoms with Crippen molar-refractivity contribution >= 4 is 0 Å². The molecule has 0 N–H and O–H groups in total. The second kappa shape index (κ2) is 10.1. The highest BCUT2D eigenvalue weighted by Gasteiger charge is 2.15. The summed E-state index contributed by atoms with van der Waals surface area (Å²) in [5, 5.41) is 0. The summed E-state index contributed by atoms with van der Waals surface area (Å²) in [7, 11) is 0. The Labute approximate surface area is 120 Å². The number of hydrogen-bond donors (Lipinski definition) is 0. The lowest BCUT2D eigenvalue weighted by Crippen LogP contribution is -2.06. The van der Waals surface area contributed by atoms with Crippen LogP contribution in [-0.2, 0) is 0 Å². The second-order valence-electron chi connectivity index (χ2n) is 5.76. The fourth-order valence-electron chi connectivity index (χ4n) is 2.83. The molecule has 0 spiro atoms. The Balaban J connectivity index is 2.81. The smallest absolute Gasteiger partial charge is 0.00206 e. The lowest BCUT2D eigenvalue weighted by atomic mass is 9.84. The van der Waals surface area contributed by atoms with Crippen LogP contribution < -0.4 is 0 Å². The van der Waals surface area contributed by atoms with Crippen LogP contribution in [0.3, 0.4) is 0 Å². The summed E-state index contributed by atoms with van der Waals surface area (Å²) in [5.74, 6) is 0.689. The molecule has 0 radical (unpaired) electrons. The van der Waals surface area contributed by atoms with Crippen LogP contribution in [0.5, 0.6) is 0 Å². The third kappa shape index (κ3) is 5.80. The Morgan fingerprint density at radius 2 is 1.53 bits per heavy atom. The third-order valence-corrected chi connectivity index (χ3v) is 4.07. The summed E-state index contributed by atoms with van der Waals surface area (Å²) < 4.78 is 0. The molecular formula is C19H32.